The van der Waals surface area contributed by atoms with E-state index in [1.807, 2.05) is 6.07 Å². The lowest BCUT2D eigenvalue weighted by atomic mass is 10.1. The third-order valence-electron chi connectivity index (χ3n) is 5.13. The molecule has 4 nitrogen and oxygen atoms in total. The SMILES string of the molecule is CC(C)CCn1c(CCCCCNC(=O)c2ccc(F)cc2)nc2ccccc21. The lowest BCUT2D eigenvalue weighted by Gasteiger charge is -2.11. The van der Waals surface area contributed by atoms with Gasteiger partial charge in [0.2, 0.25) is 0 Å². The zero-order chi connectivity index (χ0) is 20.6. The number of hydrogen-bond acceptors (Lipinski definition) is 2. The minimum Gasteiger partial charge on any atom is -0.352 e. The van der Waals surface area contributed by atoms with Crippen LogP contribution in [0.3, 0.4) is 0 Å². The van der Waals surface area contributed by atoms with Crippen molar-refractivity contribution in [2.45, 2.75) is 52.5 Å². The number of nitrogens with zero attached hydrogens (tertiary/aromatic N) is 2. The van der Waals surface area contributed by atoms with Crippen molar-refractivity contribution in [2.75, 3.05) is 6.54 Å². The second-order valence-corrected chi connectivity index (χ2v) is 7.92. The lowest BCUT2D eigenvalue weighted by Crippen LogP contribution is -2.24. The summed E-state index contributed by atoms with van der Waals surface area (Å²) >= 11 is 0. The maximum absolute atomic E-state index is 12.9. The minimum absolute atomic E-state index is 0.152. The van der Waals surface area contributed by atoms with Gasteiger partial charge in [0.1, 0.15) is 11.6 Å². The number of unbranched alkanes of at least 4 members (excludes halogenated alkanes) is 2. The molecule has 0 spiro atoms. The maximum Gasteiger partial charge on any atom is 0.251 e. The lowest BCUT2D eigenvalue weighted by molar-refractivity contribution is 0.0953. The van der Waals surface area contributed by atoms with Crippen molar-refractivity contribution in [3.8, 4) is 0 Å². The molecule has 2 aromatic carbocycles. The second kappa shape index (κ2) is 10.2. The monoisotopic (exact) mass is 395 g/mol. The fourth-order valence-electron chi connectivity index (χ4n) is 3.44. The summed E-state index contributed by atoms with van der Waals surface area (Å²) in [4.78, 5) is 16.9. The first-order valence-corrected chi connectivity index (χ1v) is 10.5. The van der Waals surface area contributed by atoms with Gasteiger partial charge in [0.05, 0.1) is 11.0 Å². The molecule has 0 bridgehead atoms. The molecule has 0 radical (unpaired) electrons. The number of halogens is 1. The number of benzene rings is 2. The highest BCUT2D eigenvalue weighted by Crippen LogP contribution is 2.19. The Balaban J connectivity index is 1.46. The highest BCUT2D eigenvalue weighted by Gasteiger charge is 2.11. The van der Waals surface area contributed by atoms with Gasteiger partial charge in [-0.1, -0.05) is 32.4 Å². The van der Waals surface area contributed by atoms with Gasteiger partial charge in [-0.2, -0.15) is 0 Å². The summed E-state index contributed by atoms with van der Waals surface area (Å²) in [5.41, 5.74) is 2.78. The number of rotatable bonds is 10. The number of fused-ring (bicyclic) bond motifs is 1. The number of hydrogen-bond donors (Lipinski definition) is 1. The molecular weight excluding hydrogens is 365 g/mol. The molecule has 3 rings (SSSR count). The van der Waals surface area contributed by atoms with Crippen molar-refractivity contribution in [1.29, 1.82) is 0 Å². The van der Waals surface area contributed by atoms with Crippen LogP contribution < -0.4 is 5.32 Å². The Hall–Kier alpha value is -2.69. The molecule has 5 heteroatoms. The largest absolute Gasteiger partial charge is 0.352 e. The number of para-hydroxylation sites is 2. The number of amides is 1. The Morgan fingerprint density at radius 2 is 1.83 bits per heavy atom. The summed E-state index contributed by atoms with van der Waals surface area (Å²) in [7, 11) is 0. The van der Waals surface area contributed by atoms with E-state index in [1.54, 1.807) is 0 Å². The van der Waals surface area contributed by atoms with Crippen molar-refractivity contribution in [3.05, 3.63) is 65.7 Å². The van der Waals surface area contributed by atoms with Crippen LogP contribution in [0.15, 0.2) is 48.5 Å². The predicted molar refractivity (Wildman–Crippen MR) is 115 cm³/mol. The van der Waals surface area contributed by atoms with Gasteiger partial charge in [0, 0.05) is 25.1 Å². The molecule has 0 aliphatic carbocycles. The molecule has 1 aromatic heterocycles. The van der Waals surface area contributed by atoms with Crippen molar-refractivity contribution in [3.63, 3.8) is 0 Å². The van der Waals surface area contributed by atoms with E-state index in [0.717, 1.165) is 50.0 Å². The third-order valence-corrected chi connectivity index (χ3v) is 5.13. The Morgan fingerprint density at radius 3 is 2.59 bits per heavy atom. The van der Waals surface area contributed by atoms with Gasteiger partial charge >= 0.3 is 0 Å². The van der Waals surface area contributed by atoms with E-state index >= 15 is 0 Å². The van der Waals surface area contributed by atoms with E-state index in [0.29, 0.717) is 18.0 Å². The molecule has 0 fully saturated rings. The zero-order valence-corrected chi connectivity index (χ0v) is 17.3. The number of carbonyl (C=O) groups is 1. The summed E-state index contributed by atoms with van der Waals surface area (Å²) < 4.78 is 15.3. The average Bonchev–Trinajstić information content (AvgIpc) is 3.06. The summed E-state index contributed by atoms with van der Waals surface area (Å²) in [5.74, 6) is 1.33. The van der Waals surface area contributed by atoms with E-state index in [1.165, 1.54) is 29.8 Å². The van der Waals surface area contributed by atoms with Crippen LogP contribution in [0.2, 0.25) is 0 Å². The van der Waals surface area contributed by atoms with Gasteiger partial charge in [0.15, 0.2) is 0 Å². The molecule has 1 N–H and O–H groups in total. The molecule has 0 unspecified atom stereocenters. The maximum atomic E-state index is 12.9. The number of nitrogens with one attached hydrogen (secondary N) is 1. The van der Waals surface area contributed by atoms with Crippen LogP contribution in [0, 0.1) is 11.7 Å². The number of aryl methyl sites for hydroxylation is 2. The summed E-state index contributed by atoms with van der Waals surface area (Å²) in [6, 6.07) is 14.0. The molecule has 3 aromatic rings. The number of carbonyl (C=O) groups excluding carboxylic acids is 1. The van der Waals surface area contributed by atoms with Crippen LogP contribution in [0.5, 0.6) is 0 Å². The molecule has 0 atom stereocenters. The molecule has 154 valence electrons. The molecule has 29 heavy (non-hydrogen) atoms. The summed E-state index contributed by atoms with van der Waals surface area (Å²) in [5, 5.41) is 2.90. The molecule has 0 saturated heterocycles. The van der Waals surface area contributed by atoms with Crippen LogP contribution in [0.4, 0.5) is 4.39 Å². The molecule has 1 amide bonds. The topological polar surface area (TPSA) is 46.9 Å². The van der Waals surface area contributed by atoms with E-state index in [9.17, 15) is 9.18 Å². The second-order valence-electron chi connectivity index (χ2n) is 7.92. The van der Waals surface area contributed by atoms with Crippen LogP contribution in [0.25, 0.3) is 11.0 Å². The molecule has 0 aliphatic rings. The predicted octanol–water partition coefficient (Wildman–Crippen LogP) is 5.36. The van der Waals surface area contributed by atoms with E-state index < -0.39 is 0 Å². The average molecular weight is 396 g/mol. The normalized spacial score (nSPS) is 11.3. The highest BCUT2D eigenvalue weighted by molar-refractivity contribution is 5.94. The van der Waals surface area contributed by atoms with Crippen LogP contribution in [-0.2, 0) is 13.0 Å². The van der Waals surface area contributed by atoms with Gasteiger partial charge in [-0.15, -0.1) is 0 Å². The first-order chi connectivity index (χ1) is 14.0. The van der Waals surface area contributed by atoms with Gasteiger partial charge in [0.25, 0.3) is 5.91 Å². The molecule has 0 saturated carbocycles. The smallest absolute Gasteiger partial charge is 0.251 e. The Morgan fingerprint density at radius 1 is 1.07 bits per heavy atom. The van der Waals surface area contributed by atoms with Crippen molar-refractivity contribution in [2.24, 2.45) is 5.92 Å². The summed E-state index contributed by atoms with van der Waals surface area (Å²) in [6.07, 6.45) is 5.06. The Bertz CT molecular complexity index is 931. The van der Waals surface area contributed by atoms with Crippen LogP contribution in [-0.4, -0.2) is 22.0 Å². The van der Waals surface area contributed by atoms with E-state index in [2.05, 4.69) is 41.9 Å². The molecular formula is C24H30FN3O. The third kappa shape index (κ3) is 5.89. The summed E-state index contributed by atoms with van der Waals surface area (Å²) in [6.45, 7) is 6.12. The Kier molecular flexibility index (Phi) is 7.39. The minimum atomic E-state index is -0.332. The van der Waals surface area contributed by atoms with Gasteiger partial charge in [-0.3, -0.25) is 4.79 Å². The van der Waals surface area contributed by atoms with Gasteiger partial charge < -0.3 is 9.88 Å². The number of imidazole rings is 1. The van der Waals surface area contributed by atoms with Crippen LogP contribution >= 0.6 is 0 Å². The highest BCUT2D eigenvalue weighted by atomic mass is 19.1. The fraction of sp³-hybridized carbons (Fsp3) is 0.417. The van der Waals surface area contributed by atoms with Crippen molar-refractivity contribution < 1.29 is 9.18 Å². The Labute approximate surface area is 172 Å². The van der Waals surface area contributed by atoms with E-state index in [-0.39, 0.29) is 11.7 Å². The molecule has 1 heterocycles. The van der Waals surface area contributed by atoms with Gasteiger partial charge in [-0.25, -0.2) is 9.37 Å². The first kappa shape index (κ1) is 21.0. The molecule has 0 aliphatic heterocycles. The van der Waals surface area contributed by atoms with Crippen LogP contribution in [0.1, 0.15) is 55.7 Å². The van der Waals surface area contributed by atoms with Crippen molar-refractivity contribution in [1.82, 2.24) is 14.9 Å². The zero-order valence-electron chi connectivity index (χ0n) is 17.3. The number of aromatic nitrogens is 2. The van der Waals surface area contributed by atoms with Gasteiger partial charge in [-0.05, 0) is 61.6 Å². The van der Waals surface area contributed by atoms with E-state index in [4.69, 9.17) is 4.98 Å². The fourth-order valence-corrected chi connectivity index (χ4v) is 3.44. The standard InChI is InChI=1S/C24H30FN3O/c1-18(2)15-17-28-22-9-6-5-8-21(22)27-23(28)10-4-3-7-16-26-24(29)19-11-13-20(25)14-12-19/h5-6,8-9,11-14,18H,3-4,7,10,15-17H2,1-2H3,(H,26,29). The first-order valence-electron chi connectivity index (χ1n) is 10.5. The van der Waals surface area contributed by atoms with Crippen molar-refractivity contribution >= 4 is 16.9 Å². The quantitative estimate of drug-likeness (QED) is 0.470.